The van der Waals surface area contributed by atoms with E-state index in [0.717, 1.165) is 10.9 Å². The van der Waals surface area contributed by atoms with E-state index in [1.807, 2.05) is 12.1 Å². The zero-order valence-electron chi connectivity index (χ0n) is 10.4. The lowest BCUT2D eigenvalue weighted by molar-refractivity contribution is 0.262. The molecular formula is C14H11ClN4O. The Morgan fingerprint density at radius 2 is 1.90 bits per heavy atom. The molecular weight excluding hydrogens is 276 g/mol. The lowest BCUT2D eigenvalue weighted by Gasteiger charge is -2.07. The fourth-order valence-electron chi connectivity index (χ4n) is 1.88. The molecule has 2 amide bonds. The number of rotatable bonds is 2. The third-order valence-electron chi connectivity index (χ3n) is 2.78. The molecule has 0 aliphatic rings. The molecule has 0 saturated carbocycles. The zero-order valence-corrected chi connectivity index (χ0v) is 11.1. The topological polar surface area (TPSA) is 69.8 Å². The molecule has 20 heavy (non-hydrogen) atoms. The van der Waals surface area contributed by atoms with Gasteiger partial charge >= 0.3 is 6.03 Å². The first kappa shape index (κ1) is 12.5. The standard InChI is InChI=1S/C14H11ClN4O/c15-10-2-1-3-11(7-10)17-14(20)18-12-4-5-13-9(6-12)8-16-19-13/h1-8H,(H,16,19)(H2,17,18,20). The van der Waals surface area contributed by atoms with Crippen LogP contribution in [-0.4, -0.2) is 16.2 Å². The Hall–Kier alpha value is -2.53. The van der Waals surface area contributed by atoms with E-state index in [4.69, 9.17) is 11.6 Å². The molecule has 3 N–H and O–H groups in total. The van der Waals surface area contributed by atoms with Gasteiger partial charge in [-0.2, -0.15) is 5.10 Å². The van der Waals surface area contributed by atoms with E-state index in [1.165, 1.54) is 0 Å². The largest absolute Gasteiger partial charge is 0.323 e. The number of hydrogen-bond acceptors (Lipinski definition) is 2. The van der Waals surface area contributed by atoms with Crippen molar-refractivity contribution < 1.29 is 4.79 Å². The number of aromatic amines is 1. The summed E-state index contributed by atoms with van der Waals surface area (Å²) in [7, 11) is 0. The summed E-state index contributed by atoms with van der Waals surface area (Å²) in [4.78, 5) is 11.9. The van der Waals surface area contributed by atoms with Crippen LogP contribution in [0, 0.1) is 0 Å². The summed E-state index contributed by atoms with van der Waals surface area (Å²) in [6.07, 6.45) is 1.70. The molecule has 0 aliphatic carbocycles. The summed E-state index contributed by atoms with van der Waals surface area (Å²) in [6.45, 7) is 0. The average Bonchev–Trinajstić information content (AvgIpc) is 2.86. The molecule has 1 heterocycles. The quantitative estimate of drug-likeness (QED) is 0.669. The number of H-pyrrole nitrogens is 1. The van der Waals surface area contributed by atoms with Gasteiger partial charge in [0.05, 0.1) is 11.7 Å². The van der Waals surface area contributed by atoms with Crippen molar-refractivity contribution in [1.29, 1.82) is 0 Å². The molecule has 1 aromatic heterocycles. The Labute approximate surface area is 119 Å². The van der Waals surface area contributed by atoms with Crippen LogP contribution in [-0.2, 0) is 0 Å². The molecule has 2 aromatic carbocycles. The monoisotopic (exact) mass is 286 g/mol. The number of halogens is 1. The summed E-state index contributed by atoms with van der Waals surface area (Å²) in [5.41, 5.74) is 2.25. The van der Waals surface area contributed by atoms with Crippen molar-refractivity contribution in [3.05, 3.63) is 53.7 Å². The van der Waals surface area contributed by atoms with E-state index < -0.39 is 0 Å². The number of carbonyl (C=O) groups is 1. The molecule has 5 nitrogen and oxygen atoms in total. The SMILES string of the molecule is O=C(Nc1cccc(Cl)c1)Nc1ccc2[nH]ncc2c1. The molecule has 3 aromatic rings. The maximum absolute atomic E-state index is 11.9. The van der Waals surface area contributed by atoms with Crippen LogP contribution >= 0.6 is 11.6 Å². The Morgan fingerprint density at radius 1 is 1.10 bits per heavy atom. The number of benzene rings is 2. The van der Waals surface area contributed by atoms with Crippen LogP contribution in [0.3, 0.4) is 0 Å². The highest BCUT2D eigenvalue weighted by atomic mass is 35.5. The number of amides is 2. The maximum atomic E-state index is 11.9. The van der Waals surface area contributed by atoms with Crippen molar-refractivity contribution in [1.82, 2.24) is 10.2 Å². The third-order valence-corrected chi connectivity index (χ3v) is 3.02. The number of nitrogens with zero attached hydrogens (tertiary/aromatic N) is 1. The van der Waals surface area contributed by atoms with Gasteiger partial charge in [-0.3, -0.25) is 5.10 Å². The van der Waals surface area contributed by atoms with Crippen LogP contribution in [0.1, 0.15) is 0 Å². The second kappa shape index (κ2) is 5.22. The maximum Gasteiger partial charge on any atom is 0.323 e. The Kier molecular flexibility index (Phi) is 3.26. The molecule has 3 rings (SSSR count). The summed E-state index contributed by atoms with van der Waals surface area (Å²) in [5, 5.41) is 13.8. The van der Waals surface area contributed by atoms with Crippen molar-refractivity contribution in [2.75, 3.05) is 10.6 Å². The van der Waals surface area contributed by atoms with Crippen molar-refractivity contribution >= 4 is 39.9 Å². The van der Waals surface area contributed by atoms with Crippen LogP contribution in [0.2, 0.25) is 5.02 Å². The molecule has 0 aliphatic heterocycles. The number of anilines is 2. The normalized spacial score (nSPS) is 10.4. The van der Waals surface area contributed by atoms with E-state index in [0.29, 0.717) is 16.4 Å². The van der Waals surface area contributed by atoms with E-state index in [2.05, 4.69) is 20.8 Å². The van der Waals surface area contributed by atoms with Gasteiger partial charge in [0.25, 0.3) is 0 Å². The van der Waals surface area contributed by atoms with Gasteiger partial charge in [0.15, 0.2) is 0 Å². The summed E-state index contributed by atoms with van der Waals surface area (Å²) in [6, 6.07) is 12.2. The van der Waals surface area contributed by atoms with Gasteiger partial charge in [-0.05, 0) is 36.4 Å². The lowest BCUT2D eigenvalue weighted by Crippen LogP contribution is -2.19. The molecule has 6 heteroatoms. The Balaban J connectivity index is 1.72. The predicted molar refractivity (Wildman–Crippen MR) is 80.2 cm³/mol. The van der Waals surface area contributed by atoms with Crippen LogP contribution < -0.4 is 10.6 Å². The average molecular weight is 287 g/mol. The van der Waals surface area contributed by atoms with Gasteiger partial charge in [0, 0.05) is 21.8 Å². The highest BCUT2D eigenvalue weighted by Crippen LogP contribution is 2.18. The first-order chi connectivity index (χ1) is 9.70. The fourth-order valence-corrected chi connectivity index (χ4v) is 2.07. The second-order valence-electron chi connectivity index (χ2n) is 4.26. The smallest absolute Gasteiger partial charge is 0.308 e. The van der Waals surface area contributed by atoms with Gasteiger partial charge < -0.3 is 10.6 Å². The van der Waals surface area contributed by atoms with E-state index >= 15 is 0 Å². The Morgan fingerprint density at radius 3 is 2.70 bits per heavy atom. The minimum Gasteiger partial charge on any atom is -0.308 e. The molecule has 0 saturated heterocycles. The number of urea groups is 1. The predicted octanol–water partition coefficient (Wildman–Crippen LogP) is 3.86. The minimum absolute atomic E-state index is 0.324. The van der Waals surface area contributed by atoms with Gasteiger partial charge in [0.1, 0.15) is 0 Å². The van der Waals surface area contributed by atoms with Crippen molar-refractivity contribution in [2.24, 2.45) is 0 Å². The molecule has 0 unspecified atom stereocenters. The fraction of sp³-hybridized carbons (Fsp3) is 0. The highest BCUT2D eigenvalue weighted by molar-refractivity contribution is 6.30. The number of fused-ring (bicyclic) bond motifs is 1. The van der Waals surface area contributed by atoms with E-state index in [9.17, 15) is 4.79 Å². The number of carbonyl (C=O) groups excluding carboxylic acids is 1. The van der Waals surface area contributed by atoms with Crippen LogP contribution in [0.5, 0.6) is 0 Å². The van der Waals surface area contributed by atoms with Crippen LogP contribution in [0.15, 0.2) is 48.7 Å². The first-order valence-corrected chi connectivity index (χ1v) is 6.35. The zero-order chi connectivity index (χ0) is 13.9. The molecule has 0 spiro atoms. The van der Waals surface area contributed by atoms with Crippen molar-refractivity contribution in [2.45, 2.75) is 0 Å². The second-order valence-corrected chi connectivity index (χ2v) is 4.70. The third kappa shape index (κ3) is 2.73. The van der Waals surface area contributed by atoms with Gasteiger partial charge in [-0.15, -0.1) is 0 Å². The molecule has 100 valence electrons. The molecule has 0 atom stereocenters. The number of hydrogen-bond donors (Lipinski definition) is 3. The summed E-state index contributed by atoms with van der Waals surface area (Å²) < 4.78 is 0. The summed E-state index contributed by atoms with van der Waals surface area (Å²) >= 11 is 5.86. The summed E-state index contributed by atoms with van der Waals surface area (Å²) in [5.74, 6) is 0. The van der Waals surface area contributed by atoms with Crippen LogP contribution in [0.4, 0.5) is 16.2 Å². The molecule has 0 fully saturated rings. The lowest BCUT2D eigenvalue weighted by atomic mass is 10.2. The van der Waals surface area contributed by atoms with E-state index in [1.54, 1.807) is 36.5 Å². The van der Waals surface area contributed by atoms with Gasteiger partial charge in [-0.1, -0.05) is 17.7 Å². The van der Waals surface area contributed by atoms with Gasteiger partial charge in [0.2, 0.25) is 0 Å². The van der Waals surface area contributed by atoms with Gasteiger partial charge in [-0.25, -0.2) is 4.79 Å². The van der Waals surface area contributed by atoms with E-state index in [-0.39, 0.29) is 6.03 Å². The molecule has 0 bridgehead atoms. The molecule has 0 radical (unpaired) electrons. The first-order valence-electron chi connectivity index (χ1n) is 5.97. The number of aromatic nitrogens is 2. The van der Waals surface area contributed by atoms with Crippen molar-refractivity contribution in [3.63, 3.8) is 0 Å². The highest BCUT2D eigenvalue weighted by Gasteiger charge is 2.04. The number of nitrogens with one attached hydrogen (secondary N) is 3. The minimum atomic E-state index is -0.324. The van der Waals surface area contributed by atoms with Crippen molar-refractivity contribution in [3.8, 4) is 0 Å². The Bertz CT molecular complexity index is 768. The van der Waals surface area contributed by atoms with Crippen LogP contribution in [0.25, 0.3) is 10.9 Å².